The van der Waals surface area contributed by atoms with Crippen molar-refractivity contribution in [2.75, 3.05) is 13.2 Å². The van der Waals surface area contributed by atoms with Crippen LogP contribution in [0.1, 0.15) is 33.6 Å². The topological polar surface area (TPSA) is 58.6 Å². The van der Waals surface area contributed by atoms with E-state index in [2.05, 4.69) is 5.32 Å². The molecule has 17 heavy (non-hydrogen) atoms. The Balaban J connectivity index is 2.24. The Morgan fingerprint density at radius 1 is 1.41 bits per heavy atom. The molecule has 0 aliphatic carbocycles. The number of amides is 2. The van der Waals surface area contributed by atoms with Crippen LogP contribution in [0.2, 0.25) is 0 Å². The van der Waals surface area contributed by atoms with Crippen LogP contribution in [-0.2, 0) is 14.3 Å². The van der Waals surface area contributed by atoms with E-state index in [-0.39, 0.29) is 23.5 Å². The molecule has 0 aromatic carbocycles. The molecule has 0 aromatic heterocycles. The SMILES string of the molecule is CC1NC(=O)CCN(C2(C)CCOC2C)C1=O. The first kappa shape index (κ1) is 12.4. The Hall–Kier alpha value is -1.10. The third kappa shape index (κ3) is 2.04. The Labute approximate surface area is 101 Å². The number of carbonyl (C=O) groups is 2. The van der Waals surface area contributed by atoms with Gasteiger partial charge in [0.15, 0.2) is 0 Å². The third-order valence-electron chi connectivity index (χ3n) is 4.04. The number of hydrogen-bond acceptors (Lipinski definition) is 3. The third-order valence-corrected chi connectivity index (χ3v) is 4.04. The van der Waals surface area contributed by atoms with Gasteiger partial charge in [-0.05, 0) is 27.2 Å². The highest BCUT2D eigenvalue weighted by molar-refractivity contribution is 5.90. The quantitative estimate of drug-likeness (QED) is 0.716. The standard InChI is InChI=1S/C12H20N2O3/c1-8-11(16)14(6-4-10(15)13-8)12(3)5-7-17-9(12)2/h8-9H,4-7H2,1-3H3,(H,13,15). The normalized spacial score (nSPS) is 39.1. The van der Waals surface area contributed by atoms with E-state index in [0.29, 0.717) is 19.6 Å². The van der Waals surface area contributed by atoms with Gasteiger partial charge in [-0.15, -0.1) is 0 Å². The van der Waals surface area contributed by atoms with Gasteiger partial charge in [-0.2, -0.15) is 0 Å². The number of rotatable bonds is 1. The summed E-state index contributed by atoms with van der Waals surface area (Å²) in [6.07, 6.45) is 1.23. The van der Waals surface area contributed by atoms with Gasteiger partial charge in [-0.1, -0.05) is 0 Å². The van der Waals surface area contributed by atoms with Gasteiger partial charge in [0, 0.05) is 19.6 Å². The summed E-state index contributed by atoms with van der Waals surface area (Å²) in [4.78, 5) is 25.6. The predicted octanol–water partition coefficient (Wildman–Crippen LogP) is 0.291. The highest BCUT2D eigenvalue weighted by Crippen LogP contribution is 2.32. The van der Waals surface area contributed by atoms with Gasteiger partial charge < -0.3 is 15.0 Å². The molecule has 5 nitrogen and oxygen atoms in total. The van der Waals surface area contributed by atoms with Crippen molar-refractivity contribution >= 4 is 11.8 Å². The summed E-state index contributed by atoms with van der Waals surface area (Å²) in [5.74, 6) is -0.0563. The average Bonchev–Trinajstić information content (AvgIpc) is 2.53. The summed E-state index contributed by atoms with van der Waals surface area (Å²) in [5.41, 5.74) is -0.280. The van der Waals surface area contributed by atoms with Crippen LogP contribution in [-0.4, -0.2) is 47.6 Å². The second kappa shape index (κ2) is 4.29. The van der Waals surface area contributed by atoms with Crippen LogP contribution < -0.4 is 5.32 Å². The molecule has 0 saturated carbocycles. The maximum absolute atomic E-state index is 12.3. The van der Waals surface area contributed by atoms with Crippen molar-refractivity contribution in [1.29, 1.82) is 0 Å². The number of nitrogens with zero attached hydrogens (tertiary/aromatic N) is 1. The van der Waals surface area contributed by atoms with Crippen LogP contribution in [0.25, 0.3) is 0 Å². The Morgan fingerprint density at radius 3 is 2.71 bits per heavy atom. The molecule has 2 aliphatic heterocycles. The van der Waals surface area contributed by atoms with Crippen molar-refractivity contribution in [1.82, 2.24) is 10.2 Å². The molecule has 0 bridgehead atoms. The van der Waals surface area contributed by atoms with Crippen LogP contribution in [0.3, 0.4) is 0 Å². The molecule has 3 unspecified atom stereocenters. The Morgan fingerprint density at radius 2 is 2.12 bits per heavy atom. The van der Waals surface area contributed by atoms with Crippen molar-refractivity contribution in [2.24, 2.45) is 0 Å². The van der Waals surface area contributed by atoms with Crippen molar-refractivity contribution in [3.05, 3.63) is 0 Å². The van der Waals surface area contributed by atoms with E-state index in [1.54, 1.807) is 6.92 Å². The summed E-state index contributed by atoms with van der Waals surface area (Å²) in [6.45, 7) is 6.94. The maximum atomic E-state index is 12.3. The number of hydrogen-bond donors (Lipinski definition) is 1. The molecule has 0 spiro atoms. The molecule has 2 fully saturated rings. The van der Waals surface area contributed by atoms with Crippen LogP contribution in [0.4, 0.5) is 0 Å². The first-order chi connectivity index (χ1) is 7.95. The minimum atomic E-state index is -0.436. The van der Waals surface area contributed by atoms with Crippen molar-refractivity contribution in [3.8, 4) is 0 Å². The lowest BCUT2D eigenvalue weighted by Crippen LogP contribution is -2.56. The molecule has 0 radical (unpaired) electrons. The lowest BCUT2D eigenvalue weighted by molar-refractivity contribution is -0.140. The van der Waals surface area contributed by atoms with Gasteiger partial charge >= 0.3 is 0 Å². The fourth-order valence-corrected chi connectivity index (χ4v) is 2.62. The summed E-state index contributed by atoms with van der Waals surface area (Å²) >= 11 is 0. The van der Waals surface area contributed by atoms with Crippen LogP contribution in [0.15, 0.2) is 0 Å². The van der Waals surface area contributed by atoms with E-state index in [1.165, 1.54) is 0 Å². The van der Waals surface area contributed by atoms with Gasteiger partial charge in [0.25, 0.3) is 0 Å². The van der Waals surface area contributed by atoms with E-state index in [1.807, 2.05) is 18.7 Å². The van der Waals surface area contributed by atoms with Crippen molar-refractivity contribution < 1.29 is 14.3 Å². The lowest BCUT2D eigenvalue weighted by atomic mass is 9.91. The van der Waals surface area contributed by atoms with Gasteiger partial charge in [0.2, 0.25) is 11.8 Å². The van der Waals surface area contributed by atoms with Crippen LogP contribution >= 0.6 is 0 Å². The van der Waals surface area contributed by atoms with Crippen LogP contribution in [0, 0.1) is 0 Å². The van der Waals surface area contributed by atoms with E-state index in [4.69, 9.17) is 4.74 Å². The summed E-state index contributed by atoms with van der Waals surface area (Å²) < 4.78 is 5.57. The second-order valence-electron chi connectivity index (χ2n) is 5.15. The fourth-order valence-electron chi connectivity index (χ4n) is 2.62. The molecule has 96 valence electrons. The lowest BCUT2D eigenvalue weighted by Gasteiger charge is -2.40. The summed E-state index contributed by atoms with van der Waals surface area (Å²) in [6, 6.07) is -0.436. The Bertz CT molecular complexity index is 345. The molecule has 2 saturated heterocycles. The molecule has 1 N–H and O–H groups in total. The van der Waals surface area contributed by atoms with Gasteiger partial charge in [-0.3, -0.25) is 9.59 Å². The minimum Gasteiger partial charge on any atom is -0.376 e. The summed E-state index contributed by atoms with van der Waals surface area (Å²) in [5, 5.41) is 2.71. The molecule has 0 aromatic rings. The second-order valence-corrected chi connectivity index (χ2v) is 5.15. The van der Waals surface area contributed by atoms with Gasteiger partial charge in [0.1, 0.15) is 6.04 Å². The van der Waals surface area contributed by atoms with E-state index < -0.39 is 6.04 Å². The van der Waals surface area contributed by atoms with E-state index in [0.717, 1.165) is 6.42 Å². The van der Waals surface area contributed by atoms with Crippen molar-refractivity contribution in [2.45, 2.75) is 51.3 Å². The number of carbonyl (C=O) groups excluding carboxylic acids is 2. The number of ether oxygens (including phenoxy) is 1. The van der Waals surface area contributed by atoms with Crippen molar-refractivity contribution in [3.63, 3.8) is 0 Å². The molecule has 2 aliphatic rings. The molecule has 2 amide bonds. The predicted molar refractivity (Wildman–Crippen MR) is 62.4 cm³/mol. The van der Waals surface area contributed by atoms with E-state index >= 15 is 0 Å². The zero-order valence-electron chi connectivity index (χ0n) is 10.7. The molecule has 2 heterocycles. The fraction of sp³-hybridized carbons (Fsp3) is 0.833. The molecular weight excluding hydrogens is 220 g/mol. The zero-order chi connectivity index (χ0) is 12.6. The first-order valence-corrected chi connectivity index (χ1v) is 6.17. The molecule has 3 atom stereocenters. The van der Waals surface area contributed by atoms with Crippen LogP contribution in [0.5, 0.6) is 0 Å². The highest BCUT2D eigenvalue weighted by atomic mass is 16.5. The summed E-state index contributed by atoms with van der Waals surface area (Å²) in [7, 11) is 0. The minimum absolute atomic E-state index is 0.00398. The first-order valence-electron chi connectivity index (χ1n) is 6.17. The Kier molecular flexibility index (Phi) is 3.12. The largest absolute Gasteiger partial charge is 0.376 e. The van der Waals surface area contributed by atoms with E-state index in [9.17, 15) is 9.59 Å². The van der Waals surface area contributed by atoms with Gasteiger partial charge in [-0.25, -0.2) is 0 Å². The number of nitrogens with one attached hydrogen (secondary N) is 1. The molecular formula is C12H20N2O3. The highest BCUT2D eigenvalue weighted by Gasteiger charge is 2.46. The molecule has 5 heteroatoms. The van der Waals surface area contributed by atoms with Gasteiger partial charge in [0.05, 0.1) is 11.6 Å². The maximum Gasteiger partial charge on any atom is 0.245 e. The monoisotopic (exact) mass is 240 g/mol. The average molecular weight is 240 g/mol. The molecule has 2 rings (SSSR count). The zero-order valence-corrected chi connectivity index (χ0v) is 10.7. The smallest absolute Gasteiger partial charge is 0.245 e.